The first-order valence-electron chi connectivity index (χ1n) is 8.02. The summed E-state index contributed by atoms with van der Waals surface area (Å²) in [6, 6.07) is 9.15. The van der Waals surface area contributed by atoms with Crippen LogP contribution < -0.4 is 9.80 Å². The van der Waals surface area contributed by atoms with Crippen molar-refractivity contribution in [3.8, 4) is 0 Å². The van der Waals surface area contributed by atoms with E-state index in [1.807, 2.05) is 31.2 Å². The van der Waals surface area contributed by atoms with Gasteiger partial charge in [0.25, 0.3) is 0 Å². The van der Waals surface area contributed by atoms with Gasteiger partial charge in [-0.15, -0.1) is 0 Å². The third kappa shape index (κ3) is 2.54. The average molecular weight is 364 g/mol. The largest absolute Gasteiger partial charge is 0.336 e. The molecule has 1 fully saturated rings. The van der Waals surface area contributed by atoms with Crippen LogP contribution in [0.3, 0.4) is 0 Å². The normalized spacial score (nSPS) is 17.0. The summed E-state index contributed by atoms with van der Waals surface area (Å²) in [5.41, 5.74) is 1.41. The molecule has 0 bridgehead atoms. The highest BCUT2D eigenvalue weighted by atomic mass is 35.5. The second-order valence-corrected chi connectivity index (χ2v) is 6.48. The summed E-state index contributed by atoms with van der Waals surface area (Å²) in [5.74, 6) is 0.517. The van der Waals surface area contributed by atoms with Gasteiger partial charge in [0, 0.05) is 23.2 Å². The lowest BCUT2D eigenvalue weighted by atomic mass is 10.1. The highest BCUT2D eigenvalue weighted by molar-refractivity contribution is 6.30. The fraction of sp³-hybridized carbons (Fsp3) is 0.158. The van der Waals surface area contributed by atoms with Gasteiger partial charge in [0.2, 0.25) is 0 Å². The molecular formula is C19H14ClN5O. The van der Waals surface area contributed by atoms with Crippen LogP contribution in [0.5, 0.6) is 0 Å². The van der Waals surface area contributed by atoms with E-state index in [1.165, 1.54) is 16.0 Å². The van der Waals surface area contributed by atoms with Crippen molar-refractivity contribution in [3.63, 3.8) is 0 Å². The monoisotopic (exact) mass is 363 g/mol. The van der Waals surface area contributed by atoms with Crippen LogP contribution in [-0.2, 0) is 0 Å². The molecule has 1 aliphatic rings. The molecule has 3 aromatic rings. The molecule has 0 N–H and O–H groups in total. The first-order chi connectivity index (χ1) is 12.6. The Morgan fingerprint density at radius 3 is 2.85 bits per heavy atom. The molecule has 0 aliphatic carbocycles. The number of anilines is 2. The molecule has 26 heavy (non-hydrogen) atoms. The summed E-state index contributed by atoms with van der Waals surface area (Å²) in [6.45, 7) is 9.64. The minimum absolute atomic E-state index is 0.237. The number of nitrogens with zero attached hydrogens (tertiary/aromatic N) is 5. The van der Waals surface area contributed by atoms with Crippen LogP contribution >= 0.6 is 11.6 Å². The van der Waals surface area contributed by atoms with Crippen LogP contribution in [0.2, 0.25) is 5.02 Å². The summed E-state index contributed by atoms with van der Waals surface area (Å²) >= 11 is 5.97. The molecule has 2 aromatic heterocycles. The zero-order valence-electron chi connectivity index (χ0n) is 13.9. The lowest BCUT2D eigenvalue weighted by Gasteiger charge is -2.19. The Morgan fingerprint density at radius 1 is 1.27 bits per heavy atom. The standard InChI is InChI=1S/C19H14ClN5O/c1-12-7-14(20)9-23-18(12)24-11-17(21-2)25(19(24)26)16-10-22-8-13-5-3-4-6-15(13)16/h3-10,17H,11H2,1H3/t17-/m1/s1. The van der Waals surface area contributed by atoms with Crippen molar-refractivity contribution in [2.45, 2.75) is 13.1 Å². The van der Waals surface area contributed by atoms with E-state index in [9.17, 15) is 4.79 Å². The summed E-state index contributed by atoms with van der Waals surface area (Å²) in [6.07, 6.45) is 4.23. The molecule has 128 valence electrons. The molecule has 2 amide bonds. The number of pyridine rings is 2. The highest BCUT2D eigenvalue weighted by Gasteiger charge is 2.45. The summed E-state index contributed by atoms with van der Waals surface area (Å²) in [4.78, 5) is 28.4. The minimum atomic E-state index is -0.646. The van der Waals surface area contributed by atoms with Gasteiger partial charge in [0.05, 0.1) is 16.9 Å². The molecule has 4 rings (SSSR count). The zero-order valence-corrected chi connectivity index (χ0v) is 14.7. The quantitative estimate of drug-likeness (QED) is 0.638. The Bertz CT molecular complexity index is 1060. The summed E-state index contributed by atoms with van der Waals surface area (Å²) in [7, 11) is 0. The number of urea groups is 1. The smallest absolute Gasteiger partial charge is 0.287 e. The number of halogens is 1. The van der Waals surface area contributed by atoms with E-state index in [1.54, 1.807) is 18.5 Å². The van der Waals surface area contributed by atoms with Gasteiger partial charge in [-0.1, -0.05) is 35.9 Å². The Balaban J connectivity index is 1.82. The number of fused-ring (bicyclic) bond motifs is 1. The third-order valence-electron chi connectivity index (χ3n) is 4.41. The predicted octanol–water partition coefficient (Wildman–Crippen LogP) is 4.28. The molecule has 1 saturated heterocycles. The van der Waals surface area contributed by atoms with Crippen LogP contribution in [0.1, 0.15) is 5.56 Å². The van der Waals surface area contributed by atoms with Gasteiger partial charge < -0.3 is 0 Å². The topological polar surface area (TPSA) is 53.7 Å². The van der Waals surface area contributed by atoms with Gasteiger partial charge in [0.15, 0.2) is 0 Å². The molecule has 7 heteroatoms. The molecule has 1 aromatic carbocycles. The predicted molar refractivity (Wildman–Crippen MR) is 101 cm³/mol. The number of aromatic nitrogens is 2. The molecule has 3 heterocycles. The molecule has 0 saturated carbocycles. The van der Waals surface area contributed by atoms with E-state index in [0.29, 0.717) is 16.5 Å². The Kier molecular flexibility index (Phi) is 3.94. The molecule has 6 nitrogen and oxygen atoms in total. The molecule has 0 unspecified atom stereocenters. The first kappa shape index (κ1) is 16.3. The second-order valence-electron chi connectivity index (χ2n) is 6.05. The molecule has 0 spiro atoms. The molecule has 1 atom stereocenters. The van der Waals surface area contributed by atoms with Crippen molar-refractivity contribution in [3.05, 3.63) is 70.9 Å². The van der Waals surface area contributed by atoms with Crippen LogP contribution in [0, 0.1) is 13.5 Å². The van der Waals surface area contributed by atoms with Crippen molar-refractivity contribution in [2.75, 3.05) is 16.3 Å². The van der Waals surface area contributed by atoms with E-state index in [0.717, 1.165) is 16.3 Å². The maximum atomic E-state index is 13.2. The van der Waals surface area contributed by atoms with Gasteiger partial charge in [-0.2, -0.15) is 0 Å². The number of rotatable bonds is 2. The van der Waals surface area contributed by atoms with Crippen LogP contribution in [-0.4, -0.2) is 28.7 Å². The van der Waals surface area contributed by atoms with Crippen molar-refractivity contribution in [1.29, 1.82) is 0 Å². The van der Waals surface area contributed by atoms with Crippen LogP contribution in [0.25, 0.3) is 15.6 Å². The van der Waals surface area contributed by atoms with Crippen molar-refractivity contribution in [1.82, 2.24) is 9.97 Å². The molecule has 1 aliphatic heterocycles. The van der Waals surface area contributed by atoms with Crippen molar-refractivity contribution in [2.24, 2.45) is 0 Å². The van der Waals surface area contributed by atoms with Gasteiger partial charge >= 0.3 is 12.2 Å². The lowest BCUT2D eigenvalue weighted by Crippen LogP contribution is -2.34. The van der Waals surface area contributed by atoms with Gasteiger partial charge in [-0.3, -0.25) is 14.7 Å². The number of hydrogen-bond donors (Lipinski definition) is 0. The summed E-state index contributed by atoms with van der Waals surface area (Å²) in [5, 5.41) is 2.31. The second kappa shape index (κ2) is 6.28. The highest BCUT2D eigenvalue weighted by Crippen LogP contribution is 2.34. The lowest BCUT2D eigenvalue weighted by molar-refractivity contribution is 0.255. The van der Waals surface area contributed by atoms with E-state index in [2.05, 4.69) is 14.8 Å². The number of aryl methyl sites for hydroxylation is 1. The SMILES string of the molecule is [C-]#[N+][C@H]1CN(c2ncc(Cl)cc2C)C(=O)N1c1cncc2ccccc12. The molecule has 0 radical (unpaired) electrons. The van der Waals surface area contributed by atoms with Crippen molar-refractivity contribution < 1.29 is 4.79 Å². The van der Waals surface area contributed by atoms with E-state index in [4.69, 9.17) is 18.2 Å². The Morgan fingerprint density at radius 2 is 2.08 bits per heavy atom. The number of benzene rings is 1. The number of carbonyl (C=O) groups excluding carboxylic acids is 1. The van der Waals surface area contributed by atoms with Gasteiger partial charge in [0.1, 0.15) is 12.4 Å². The van der Waals surface area contributed by atoms with Crippen molar-refractivity contribution >= 4 is 39.9 Å². The maximum Gasteiger partial charge on any atom is 0.336 e. The Hall–Kier alpha value is -3.17. The maximum absolute atomic E-state index is 13.2. The van der Waals surface area contributed by atoms with E-state index >= 15 is 0 Å². The fourth-order valence-electron chi connectivity index (χ4n) is 3.23. The first-order valence-corrected chi connectivity index (χ1v) is 8.40. The molecular weight excluding hydrogens is 350 g/mol. The minimum Gasteiger partial charge on any atom is -0.287 e. The summed E-state index contributed by atoms with van der Waals surface area (Å²) < 4.78 is 0. The fourth-order valence-corrected chi connectivity index (χ4v) is 3.44. The van der Waals surface area contributed by atoms with Crippen LogP contribution in [0.4, 0.5) is 16.3 Å². The number of carbonyl (C=O) groups is 1. The number of amides is 2. The van der Waals surface area contributed by atoms with E-state index < -0.39 is 6.17 Å². The third-order valence-corrected chi connectivity index (χ3v) is 4.62. The van der Waals surface area contributed by atoms with Gasteiger partial charge in [-0.25, -0.2) is 21.3 Å². The number of hydrogen-bond acceptors (Lipinski definition) is 3. The zero-order chi connectivity index (χ0) is 18.3. The van der Waals surface area contributed by atoms with E-state index in [-0.39, 0.29) is 12.6 Å². The van der Waals surface area contributed by atoms with Gasteiger partial charge in [-0.05, 0) is 18.6 Å². The Labute approximate surface area is 155 Å². The average Bonchev–Trinajstić information content (AvgIpc) is 2.97. The van der Waals surface area contributed by atoms with Crippen LogP contribution in [0.15, 0.2) is 48.9 Å².